The fourth-order valence-corrected chi connectivity index (χ4v) is 2.48. The highest BCUT2D eigenvalue weighted by Gasteiger charge is 2.13. The Morgan fingerprint density at radius 2 is 1.78 bits per heavy atom. The van der Waals surface area contributed by atoms with Crippen molar-refractivity contribution < 1.29 is 4.79 Å². The Morgan fingerprint density at radius 3 is 2.39 bits per heavy atom. The largest absolute Gasteiger partial charge is 0.331 e. The molecule has 0 spiro atoms. The van der Waals surface area contributed by atoms with E-state index in [2.05, 4.69) is 9.55 Å². The maximum atomic E-state index is 12.5. The minimum atomic E-state index is -0.0124. The molecule has 1 aromatic heterocycles. The van der Waals surface area contributed by atoms with Gasteiger partial charge in [-0.25, -0.2) is 4.98 Å². The molecule has 0 radical (unpaired) electrons. The van der Waals surface area contributed by atoms with Crippen molar-refractivity contribution in [2.45, 2.75) is 13.5 Å². The Hall–Kier alpha value is -2.88. The zero-order chi connectivity index (χ0) is 16.2. The number of carbonyl (C=O) groups is 1. The van der Waals surface area contributed by atoms with Crippen LogP contribution in [0.3, 0.4) is 0 Å². The maximum Gasteiger partial charge on any atom is 0.258 e. The van der Waals surface area contributed by atoms with Crippen molar-refractivity contribution in [1.82, 2.24) is 9.55 Å². The standard InChI is InChI=1S/C19H19N3O/c1-15-20-12-13-22(15)14-16-8-10-17(11-9-16)19(23)21(2)18-6-4-3-5-7-18/h3-13H,14H2,1-2H3. The molecule has 0 unspecified atom stereocenters. The summed E-state index contributed by atoms with van der Waals surface area (Å²) in [5.41, 5.74) is 2.71. The first kappa shape index (κ1) is 15.0. The minimum Gasteiger partial charge on any atom is -0.331 e. The van der Waals surface area contributed by atoms with E-state index >= 15 is 0 Å². The SMILES string of the molecule is Cc1nccn1Cc1ccc(C(=O)N(C)c2ccccc2)cc1. The molecule has 1 amide bonds. The Kier molecular flexibility index (Phi) is 4.24. The third-order valence-electron chi connectivity index (χ3n) is 3.93. The summed E-state index contributed by atoms with van der Waals surface area (Å²) in [6.07, 6.45) is 3.75. The first-order chi connectivity index (χ1) is 11.1. The lowest BCUT2D eigenvalue weighted by Crippen LogP contribution is -2.26. The van der Waals surface area contributed by atoms with Gasteiger partial charge in [0.2, 0.25) is 0 Å². The van der Waals surface area contributed by atoms with Crippen molar-refractivity contribution in [2.24, 2.45) is 0 Å². The summed E-state index contributed by atoms with van der Waals surface area (Å²) in [5, 5.41) is 0. The van der Waals surface area contributed by atoms with Crippen LogP contribution in [0.5, 0.6) is 0 Å². The van der Waals surface area contributed by atoms with Gasteiger partial charge in [0, 0.05) is 37.2 Å². The number of benzene rings is 2. The molecule has 0 aliphatic rings. The summed E-state index contributed by atoms with van der Waals surface area (Å²) in [6.45, 7) is 2.74. The Morgan fingerprint density at radius 1 is 1.09 bits per heavy atom. The third-order valence-corrected chi connectivity index (χ3v) is 3.93. The van der Waals surface area contributed by atoms with Crippen LogP contribution in [0.1, 0.15) is 21.7 Å². The van der Waals surface area contributed by atoms with Gasteiger partial charge in [-0.3, -0.25) is 4.79 Å². The molecule has 3 aromatic rings. The van der Waals surface area contributed by atoms with Gasteiger partial charge in [-0.1, -0.05) is 30.3 Å². The van der Waals surface area contributed by atoms with E-state index in [1.807, 2.05) is 67.7 Å². The van der Waals surface area contributed by atoms with E-state index in [9.17, 15) is 4.79 Å². The predicted octanol–water partition coefficient (Wildman–Crippen LogP) is 3.52. The zero-order valence-electron chi connectivity index (χ0n) is 13.3. The molecule has 4 nitrogen and oxygen atoms in total. The van der Waals surface area contributed by atoms with E-state index < -0.39 is 0 Å². The molecule has 0 saturated carbocycles. The topological polar surface area (TPSA) is 38.1 Å². The lowest BCUT2D eigenvalue weighted by atomic mass is 10.1. The van der Waals surface area contributed by atoms with Gasteiger partial charge in [0.05, 0.1) is 0 Å². The minimum absolute atomic E-state index is 0.0124. The number of imidazole rings is 1. The van der Waals surface area contributed by atoms with Crippen LogP contribution >= 0.6 is 0 Å². The molecule has 0 bridgehead atoms. The molecule has 2 aromatic carbocycles. The second-order valence-electron chi connectivity index (χ2n) is 5.50. The Bertz CT molecular complexity index is 791. The summed E-state index contributed by atoms with van der Waals surface area (Å²) in [5.74, 6) is 0.968. The fraction of sp³-hybridized carbons (Fsp3) is 0.158. The highest BCUT2D eigenvalue weighted by Crippen LogP contribution is 2.15. The van der Waals surface area contributed by atoms with E-state index in [-0.39, 0.29) is 5.91 Å². The lowest BCUT2D eigenvalue weighted by Gasteiger charge is -2.17. The van der Waals surface area contributed by atoms with Crippen molar-refractivity contribution in [3.05, 3.63) is 83.9 Å². The van der Waals surface area contributed by atoms with Crippen molar-refractivity contribution >= 4 is 11.6 Å². The molecule has 4 heteroatoms. The normalized spacial score (nSPS) is 10.5. The molecule has 0 aliphatic heterocycles. The van der Waals surface area contributed by atoms with Crippen LogP contribution in [0.25, 0.3) is 0 Å². The van der Waals surface area contributed by atoms with Gasteiger partial charge in [0.25, 0.3) is 5.91 Å². The molecule has 0 fully saturated rings. The van der Waals surface area contributed by atoms with Crippen LogP contribution in [0.4, 0.5) is 5.69 Å². The summed E-state index contributed by atoms with van der Waals surface area (Å²) in [4.78, 5) is 18.4. The molecule has 116 valence electrons. The summed E-state index contributed by atoms with van der Waals surface area (Å²) >= 11 is 0. The van der Waals surface area contributed by atoms with Crippen molar-refractivity contribution in [3.8, 4) is 0 Å². The number of anilines is 1. The molecule has 3 rings (SSSR count). The van der Waals surface area contributed by atoms with Gasteiger partial charge < -0.3 is 9.47 Å². The molecule has 0 saturated heterocycles. The number of aryl methyl sites for hydroxylation is 1. The summed E-state index contributed by atoms with van der Waals surface area (Å²) in [6, 6.07) is 17.4. The highest BCUT2D eigenvalue weighted by atomic mass is 16.2. The molecular formula is C19H19N3O. The smallest absolute Gasteiger partial charge is 0.258 e. The third kappa shape index (κ3) is 3.31. The number of aromatic nitrogens is 2. The molecule has 0 aliphatic carbocycles. The van der Waals surface area contributed by atoms with E-state index in [0.717, 1.165) is 23.6 Å². The van der Waals surface area contributed by atoms with Gasteiger partial charge >= 0.3 is 0 Å². The van der Waals surface area contributed by atoms with Crippen molar-refractivity contribution in [2.75, 3.05) is 11.9 Å². The van der Waals surface area contributed by atoms with E-state index in [0.29, 0.717) is 5.56 Å². The molecular weight excluding hydrogens is 286 g/mol. The van der Waals surface area contributed by atoms with Gasteiger partial charge in [-0.2, -0.15) is 0 Å². The number of nitrogens with zero attached hydrogens (tertiary/aromatic N) is 3. The molecule has 1 heterocycles. The van der Waals surface area contributed by atoms with Crippen LogP contribution in [0.2, 0.25) is 0 Å². The fourth-order valence-electron chi connectivity index (χ4n) is 2.48. The zero-order valence-corrected chi connectivity index (χ0v) is 13.3. The second kappa shape index (κ2) is 6.48. The quantitative estimate of drug-likeness (QED) is 0.739. The summed E-state index contributed by atoms with van der Waals surface area (Å²) < 4.78 is 2.08. The van der Waals surface area contributed by atoms with E-state index in [1.165, 1.54) is 0 Å². The number of amides is 1. The first-order valence-electron chi connectivity index (χ1n) is 7.55. The van der Waals surface area contributed by atoms with Crippen LogP contribution in [0.15, 0.2) is 67.0 Å². The van der Waals surface area contributed by atoms with Crippen molar-refractivity contribution in [3.63, 3.8) is 0 Å². The average Bonchev–Trinajstić information content (AvgIpc) is 3.00. The predicted molar refractivity (Wildman–Crippen MR) is 91.7 cm³/mol. The van der Waals surface area contributed by atoms with Gasteiger partial charge in [0.1, 0.15) is 5.82 Å². The van der Waals surface area contributed by atoms with Crippen LogP contribution < -0.4 is 4.90 Å². The molecule has 0 atom stereocenters. The molecule has 0 N–H and O–H groups in total. The second-order valence-corrected chi connectivity index (χ2v) is 5.50. The number of carbonyl (C=O) groups excluding carboxylic acids is 1. The first-order valence-corrected chi connectivity index (χ1v) is 7.55. The number of hydrogen-bond acceptors (Lipinski definition) is 2. The van der Waals surface area contributed by atoms with E-state index in [4.69, 9.17) is 0 Å². The average molecular weight is 305 g/mol. The number of rotatable bonds is 4. The van der Waals surface area contributed by atoms with Gasteiger partial charge in [-0.15, -0.1) is 0 Å². The Labute approximate surface area is 136 Å². The Balaban J connectivity index is 1.74. The van der Waals surface area contributed by atoms with Crippen molar-refractivity contribution in [1.29, 1.82) is 0 Å². The monoisotopic (exact) mass is 305 g/mol. The lowest BCUT2D eigenvalue weighted by molar-refractivity contribution is 0.0993. The van der Waals surface area contributed by atoms with E-state index in [1.54, 1.807) is 18.1 Å². The molecule has 23 heavy (non-hydrogen) atoms. The van der Waals surface area contributed by atoms with Gasteiger partial charge in [-0.05, 0) is 36.8 Å². The maximum absolute atomic E-state index is 12.5. The van der Waals surface area contributed by atoms with Gasteiger partial charge in [0.15, 0.2) is 0 Å². The highest BCUT2D eigenvalue weighted by molar-refractivity contribution is 6.05. The van der Waals surface area contributed by atoms with Crippen LogP contribution in [0, 0.1) is 6.92 Å². The van der Waals surface area contributed by atoms with Crippen LogP contribution in [-0.4, -0.2) is 22.5 Å². The number of hydrogen-bond donors (Lipinski definition) is 0. The van der Waals surface area contributed by atoms with Crippen LogP contribution in [-0.2, 0) is 6.54 Å². The number of para-hydroxylation sites is 1. The summed E-state index contributed by atoms with van der Waals surface area (Å²) in [7, 11) is 1.79.